The molecule has 0 bridgehead atoms. The number of piperazine rings is 1. The van der Waals surface area contributed by atoms with Crippen molar-refractivity contribution in [2.24, 2.45) is 0 Å². The first-order chi connectivity index (χ1) is 22.3. The van der Waals surface area contributed by atoms with Gasteiger partial charge < -0.3 is 24.3 Å². The molecule has 3 aromatic rings. The van der Waals surface area contributed by atoms with Gasteiger partial charge in [-0.1, -0.05) is 30.8 Å². The van der Waals surface area contributed by atoms with Crippen molar-refractivity contribution in [1.82, 2.24) is 14.8 Å². The van der Waals surface area contributed by atoms with E-state index < -0.39 is 17.8 Å². The first kappa shape index (κ1) is 30.8. The van der Waals surface area contributed by atoms with Gasteiger partial charge in [0.1, 0.15) is 24.1 Å². The third kappa shape index (κ3) is 5.69. The van der Waals surface area contributed by atoms with Gasteiger partial charge in [-0.05, 0) is 50.4 Å². The lowest BCUT2D eigenvalue weighted by atomic mass is 9.94. The first-order valence-corrected chi connectivity index (χ1v) is 15.6. The minimum absolute atomic E-state index is 0.0292. The van der Waals surface area contributed by atoms with Gasteiger partial charge in [-0.25, -0.2) is 4.39 Å². The van der Waals surface area contributed by atoms with Crippen LogP contribution in [-0.4, -0.2) is 79.2 Å². The molecule has 2 fully saturated rings. The predicted molar refractivity (Wildman–Crippen MR) is 172 cm³/mol. The van der Waals surface area contributed by atoms with E-state index in [2.05, 4.69) is 41.6 Å². The number of carbonyl (C=O) groups is 1. The number of carbonyl (C=O) groups excluding carboxylic acids is 1. The summed E-state index contributed by atoms with van der Waals surface area (Å²) in [6.07, 6.45) is 2.68. The van der Waals surface area contributed by atoms with E-state index in [-0.39, 0.29) is 31.4 Å². The summed E-state index contributed by atoms with van der Waals surface area (Å²) in [5.41, 5.74) is 3.63. The third-order valence-corrected chi connectivity index (χ3v) is 9.48. The molecule has 0 aliphatic carbocycles. The number of pyridine rings is 1. The Morgan fingerprint density at radius 3 is 2.54 bits per heavy atom. The largest absolute Gasteiger partial charge is 0.475 e. The zero-order valence-corrected chi connectivity index (χ0v) is 25.9. The molecular weight excluding hydrogens is 583 g/mol. The topological polar surface area (TPSA) is 124 Å². The third-order valence-electron chi connectivity index (χ3n) is 9.48. The smallest absolute Gasteiger partial charge is 0.282 e. The summed E-state index contributed by atoms with van der Waals surface area (Å²) in [7, 11) is 2.07. The number of likely N-dealkylation sites (N-methyl/N-ethyl adjacent to an activating group) is 1. The molecule has 11 heteroatoms. The summed E-state index contributed by atoms with van der Waals surface area (Å²) in [6, 6.07) is 18.2. The van der Waals surface area contributed by atoms with Crippen LogP contribution in [0.25, 0.3) is 10.8 Å². The average molecular weight is 619 g/mol. The van der Waals surface area contributed by atoms with Crippen LogP contribution in [0, 0.1) is 34.0 Å². The molecule has 2 aromatic carbocycles. The van der Waals surface area contributed by atoms with E-state index in [4.69, 9.17) is 9.72 Å². The zero-order valence-electron chi connectivity index (χ0n) is 25.9. The maximum Gasteiger partial charge on any atom is 0.282 e. The van der Waals surface area contributed by atoms with Gasteiger partial charge in [0.15, 0.2) is 5.83 Å². The van der Waals surface area contributed by atoms with Crippen LogP contribution in [-0.2, 0) is 17.8 Å². The van der Waals surface area contributed by atoms with Crippen molar-refractivity contribution in [3.8, 4) is 24.1 Å². The minimum Gasteiger partial charge on any atom is -0.475 e. The van der Waals surface area contributed by atoms with Crippen LogP contribution < -0.4 is 14.5 Å². The molecule has 2 saturated heterocycles. The van der Waals surface area contributed by atoms with Crippen molar-refractivity contribution in [1.29, 1.82) is 15.8 Å². The van der Waals surface area contributed by atoms with Gasteiger partial charge in [0.05, 0.1) is 30.2 Å². The molecule has 1 amide bonds. The van der Waals surface area contributed by atoms with Crippen LogP contribution >= 0.6 is 0 Å². The number of benzene rings is 2. The maximum atomic E-state index is 13.9. The van der Waals surface area contributed by atoms with Crippen LogP contribution in [0.1, 0.15) is 41.5 Å². The molecule has 3 aliphatic heterocycles. The van der Waals surface area contributed by atoms with E-state index in [9.17, 15) is 25.0 Å². The molecule has 3 aliphatic rings. The standard InChI is InChI=1S/C35H35FN8O2/c1-23(36)35(45)44-17-16-43(20-26(44)11-13-37)33-28-12-15-42(31-10-4-7-24-6-3-8-25(18-38)32(24)31)21-30(28)29(19-39)34(40-33)46-22-27-9-5-14-41(27)2/h3-4,6-8,10,26-27H,1,5,9,11-12,14-17,20-22H2,2H3/t26-,27+/m1/s1. The van der Waals surface area contributed by atoms with Crippen molar-refractivity contribution in [3.05, 3.63) is 71.1 Å². The Labute approximate surface area is 268 Å². The Balaban J connectivity index is 1.41. The Hall–Kier alpha value is -5.18. The van der Waals surface area contributed by atoms with E-state index in [1.165, 1.54) is 4.90 Å². The number of halogens is 1. The lowest BCUT2D eigenvalue weighted by Crippen LogP contribution is -2.55. The Morgan fingerprint density at radius 1 is 1.04 bits per heavy atom. The quantitative estimate of drug-likeness (QED) is 0.354. The van der Waals surface area contributed by atoms with E-state index >= 15 is 0 Å². The number of hydrogen-bond acceptors (Lipinski definition) is 9. The van der Waals surface area contributed by atoms with Gasteiger partial charge in [0.2, 0.25) is 5.88 Å². The number of likely N-dealkylation sites (tertiary alicyclic amines) is 1. The highest BCUT2D eigenvalue weighted by Crippen LogP contribution is 2.39. The molecule has 0 N–H and O–H groups in total. The number of fused-ring (bicyclic) bond motifs is 2. The number of aromatic nitrogens is 1. The molecule has 0 radical (unpaired) electrons. The Kier molecular flexibility index (Phi) is 8.74. The first-order valence-electron chi connectivity index (χ1n) is 15.6. The van der Waals surface area contributed by atoms with Crippen molar-refractivity contribution in [2.45, 2.75) is 44.3 Å². The number of anilines is 2. The predicted octanol–water partition coefficient (Wildman–Crippen LogP) is 4.43. The Morgan fingerprint density at radius 2 is 1.85 bits per heavy atom. The van der Waals surface area contributed by atoms with Crippen LogP contribution in [0.15, 0.2) is 48.8 Å². The van der Waals surface area contributed by atoms with E-state index in [0.717, 1.165) is 47.0 Å². The number of amides is 1. The molecule has 0 spiro atoms. The van der Waals surface area contributed by atoms with Gasteiger partial charge in [-0.3, -0.25) is 4.79 Å². The SMILES string of the molecule is C=C(F)C(=O)N1CCN(c2nc(OC[C@@H]3CCCN3C)c(C#N)c3c2CCN(c2cccc4cccc(C#N)c24)C3)C[C@H]1CC#N. The molecule has 1 aromatic heterocycles. The van der Waals surface area contributed by atoms with Gasteiger partial charge in [0.25, 0.3) is 5.91 Å². The molecule has 0 saturated carbocycles. The summed E-state index contributed by atoms with van der Waals surface area (Å²) < 4.78 is 20.2. The number of nitriles is 3. The summed E-state index contributed by atoms with van der Waals surface area (Å²) >= 11 is 0. The average Bonchev–Trinajstić information content (AvgIpc) is 3.49. The fourth-order valence-electron chi connectivity index (χ4n) is 7.07. The Bertz CT molecular complexity index is 1820. The second-order valence-electron chi connectivity index (χ2n) is 12.1. The summed E-state index contributed by atoms with van der Waals surface area (Å²) in [5.74, 6) is -0.928. The van der Waals surface area contributed by atoms with Crippen molar-refractivity contribution in [3.63, 3.8) is 0 Å². The van der Waals surface area contributed by atoms with E-state index in [1.54, 1.807) is 0 Å². The summed E-state index contributed by atoms with van der Waals surface area (Å²) in [5, 5.41) is 31.8. The monoisotopic (exact) mass is 618 g/mol. The lowest BCUT2D eigenvalue weighted by molar-refractivity contribution is -0.131. The van der Waals surface area contributed by atoms with E-state index in [0.29, 0.717) is 49.6 Å². The maximum absolute atomic E-state index is 13.9. The number of nitrogens with zero attached hydrogens (tertiary/aromatic N) is 8. The van der Waals surface area contributed by atoms with E-state index in [1.807, 2.05) is 41.3 Å². The fourth-order valence-corrected chi connectivity index (χ4v) is 7.07. The normalized spacial score (nSPS) is 19.7. The molecule has 2 atom stereocenters. The highest BCUT2D eigenvalue weighted by Gasteiger charge is 2.36. The van der Waals surface area contributed by atoms with Gasteiger partial charge in [-0.15, -0.1) is 0 Å². The number of hydrogen-bond donors (Lipinski definition) is 0. The van der Waals surface area contributed by atoms with Crippen LogP contribution in [0.3, 0.4) is 0 Å². The van der Waals surface area contributed by atoms with Crippen LogP contribution in [0.2, 0.25) is 0 Å². The molecular formula is C35H35FN8O2. The van der Waals surface area contributed by atoms with Crippen LogP contribution in [0.4, 0.5) is 15.9 Å². The number of ether oxygens (including phenoxy) is 1. The highest BCUT2D eigenvalue weighted by atomic mass is 19.1. The fraction of sp³-hybridized carbons (Fsp3) is 0.400. The molecule has 46 heavy (non-hydrogen) atoms. The zero-order chi connectivity index (χ0) is 32.4. The van der Waals surface area contributed by atoms with Crippen LogP contribution in [0.5, 0.6) is 5.88 Å². The number of rotatable bonds is 7. The summed E-state index contributed by atoms with van der Waals surface area (Å²) in [4.78, 5) is 25.4. The van der Waals surface area contributed by atoms with Gasteiger partial charge in [0, 0.05) is 61.0 Å². The van der Waals surface area contributed by atoms with Crippen molar-refractivity contribution in [2.75, 3.05) is 56.2 Å². The van der Waals surface area contributed by atoms with Crippen molar-refractivity contribution < 1.29 is 13.9 Å². The molecule has 6 rings (SSSR count). The minimum atomic E-state index is -1.05. The second kappa shape index (κ2) is 13.0. The van der Waals surface area contributed by atoms with Gasteiger partial charge >= 0.3 is 0 Å². The lowest BCUT2D eigenvalue weighted by Gasteiger charge is -2.42. The van der Waals surface area contributed by atoms with Gasteiger partial charge in [-0.2, -0.15) is 20.8 Å². The summed E-state index contributed by atoms with van der Waals surface area (Å²) in [6.45, 7) is 6.44. The molecule has 0 unspecified atom stereocenters. The molecule has 234 valence electrons. The highest BCUT2D eigenvalue weighted by molar-refractivity contribution is 5.98. The second-order valence-corrected chi connectivity index (χ2v) is 12.1. The molecule has 10 nitrogen and oxygen atoms in total. The van der Waals surface area contributed by atoms with Crippen molar-refractivity contribution >= 4 is 28.2 Å². The molecule has 4 heterocycles.